The van der Waals surface area contributed by atoms with Crippen LogP contribution in [-0.2, 0) is 4.79 Å². The van der Waals surface area contributed by atoms with Crippen molar-refractivity contribution in [1.82, 2.24) is 5.32 Å². The molecule has 19 heavy (non-hydrogen) atoms. The number of halogens is 1. The Labute approximate surface area is 111 Å². The zero-order valence-electron chi connectivity index (χ0n) is 10.9. The number of nitrogens with one attached hydrogen (secondary N) is 1. The first-order chi connectivity index (χ1) is 8.95. The van der Waals surface area contributed by atoms with Gasteiger partial charge in [0.2, 0.25) is 0 Å². The Morgan fingerprint density at radius 1 is 1.53 bits per heavy atom. The number of benzene rings is 1. The second-order valence-electron chi connectivity index (χ2n) is 4.00. The van der Waals surface area contributed by atoms with Crippen LogP contribution >= 0.6 is 0 Å². The molecule has 1 unspecified atom stereocenters. The maximum Gasteiger partial charge on any atom is 0.261 e. The quantitative estimate of drug-likeness (QED) is 0.633. The van der Waals surface area contributed by atoms with Gasteiger partial charge in [0.1, 0.15) is 0 Å². The van der Waals surface area contributed by atoms with Gasteiger partial charge in [0, 0.05) is 12.1 Å². The molecular weight excluding hydrogens is 249 g/mol. The topological polar surface area (TPSA) is 55.4 Å². The Bertz CT molecular complexity index is 499. The van der Waals surface area contributed by atoms with Gasteiger partial charge in [-0.25, -0.2) is 4.39 Å². The van der Waals surface area contributed by atoms with E-state index in [1.54, 1.807) is 0 Å². The molecule has 0 spiro atoms. The lowest BCUT2D eigenvalue weighted by Crippen LogP contribution is -2.36. The summed E-state index contributed by atoms with van der Waals surface area (Å²) in [5, 5.41) is 2.54. The van der Waals surface area contributed by atoms with Gasteiger partial charge in [-0.15, -0.1) is 6.58 Å². The summed E-state index contributed by atoms with van der Waals surface area (Å²) in [6, 6.07) is 3.88. The highest BCUT2D eigenvalue weighted by Crippen LogP contribution is 2.20. The minimum absolute atomic E-state index is 0.0637. The van der Waals surface area contributed by atoms with Gasteiger partial charge in [0.05, 0.1) is 0 Å². The molecule has 0 aliphatic heterocycles. The Morgan fingerprint density at radius 2 is 2.21 bits per heavy atom. The number of hydrogen-bond donors (Lipinski definition) is 1. The van der Waals surface area contributed by atoms with Crippen molar-refractivity contribution < 1.29 is 18.7 Å². The predicted molar refractivity (Wildman–Crippen MR) is 69.7 cm³/mol. The van der Waals surface area contributed by atoms with Crippen molar-refractivity contribution in [3.63, 3.8) is 0 Å². The minimum atomic E-state index is -0.836. The molecule has 1 aromatic carbocycles. The first-order valence-electron chi connectivity index (χ1n) is 5.81. The van der Waals surface area contributed by atoms with Gasteiger partial charge in [-0.1, -0.05) is 6.08 Å². The second-order valence-corrected chi connectivity index (χ2v) is 4.00. The highest BCUT2D eigenvalue weighted by Gasteiger charge is 2.16. The Balaban J connectivity index is 2.74. The number of ketones is 1. The van der Waals surface area contributed by atoms with E-state index in [1.165, 1.54) is 32.1 Å². The average molecular weight is 265 g/mol. The third-order valence-electron chi connectivity index (χ3n) is 2.43. The average Bonchev–Trinajstić information content (AvgIpc) is 2.37. The predicted octanol–water partition coefficient (Wildman–Crippen LogP) is 2.10. The van der Waals surface area contributed by atoms with Crippen LogP contribution in [0.1, 0.15) is 24.2 Å². The highest BCUT2D eigenvalue weighted by atomic mass is 19.1. The van der Waals surface area contributed by atoms with E-state index in [2.05, 4.69) is 11.9 Å². The zero-order chi connectivity index (χ0) is 14.4. The molecule has 0 heterocycles. The third kappa shape index (κ3) is 4.21. The molecule has 0 aliphatic carbocycles. The van der Waals surface area contributed by atoms with Gasteiger partial charge >= 0.3 is 0 Å². The highest BCUT2D eigenvalue weighted by molar-refractivity contribution is 5.94. The summed E-state index contributed by atoms with van der Waals surface area (Å²) < 4.78 is 18.9. The molecule has 1 atom stereocenters. The van der Waals surface area contributed by atoms with Crippen LogP contribution in [-0.4, -0.2) is 24.3 Å². The van der Waals surface area contributed by atoms with E-state index in [0.717, 1.165) is 6.07 Å². The number of carbonyl (C=O) groups is 2. The van der Waals surface area contributed by atoms with Gasteiger partial charge in [-0.05, 0) is 32.0 Å². The van der Waals surface area contributed by atoms with Gasteiger partial charge in [-0.3, -0.25) is 9.59 Å². The smallest absolute Gasteiger partial charge is 0.261 e. The molecule has 4 nitrogen and oxygen atoms in total. The lowest BCUT2D eigenvalue weighted by molar-refractivity contribution is -0.127. The fourth-order valence-electron chi connectivity index (χ4n) is 1.38. The molecule has 1 N–H and O–H groups in total. The molecule has 1 aromatic rings. The zero-order valence-corrected chi connectivity index (χ0v) is 10.9. The van der Waals surface area contributed by atoms with Crippen LogP contribution in [0.5, 0.6) is 5.75 Å². The van der Waals surface area contributed by atoms with Gasteiger partial charge in [-0.2, -0.15) is 0 Å². The summed E-state index contributed by atoms with van der Waals surface area (Å²) in [5.74, 6) is -1.33. The number of amides is 1. The van der Waals surface area contributed by atoms with Crippen molar-refractivity contribution in [2.45, 2.75) is 20.0 Å². The standard InChI is InChI=1S/C14H16FNO3/c1-4-7-16-14(18)10(3)19-13-6-5-11(9(2)17)8-12(13)15/h4-6,8,10H,1,7H2,2-3H3,(H,16,18). The summed E-state index contributed by atoms with van der Waals surface area (Å²) in [5.41, 5.74) is 0.258. The summed E-state index contributed by atoms with van der Waals surface area (Å²) in [6.07, 6.45) is 0.699. The van der Waals surface area contributed by atoms with Gasteiger partial charge in [0.25, 0.3) is 5.91 Å². The number of hydrogen-bond acceptors (Lipinski definition) is 3. The Morgan fingerprint density at radius 3 is 2.74 bits per heavy atom. The first kappa shape index (κ1) is 14.9. The van der Waals surface area contributed by atoms with Crippen molar-refractivity contribution in [1.29, 1.82) is 0 Å². The monoisotopic (exact) mass is 265 g/mol. The lowest BCUT2D eigenvalue weighted by Gasteiger charge is -2.14. The van der Waals surface area contributed by atoms with Gasteiger partial charge in [0.15, 0.2) is 23.5 Å². The minimum Gasteiger partial charge on any atom is -0.478 e. The maximum absolute atomic E-state index is 13.7. The van der Waals surface area contributed by atoms with E-state index in [9.17, 15) is 14.0 Å². The molecule has 102 valence electrons. The lowest BCUT2D eigenvalue weighted by atomic mass is 10.1. The normalized spacial score (nSPS) is 11.5. The molecule has 0 radical (unpaired) electrons. The van der Waals surface area contributed by atoms with Crippen molar-refractivity contribution in [3.05, 3.63) is 42.2 Å². The van der Waals surface area contributed by atoms with Crippen molar-refractivity contribution >= 4 is 11.7 Å². The van der Waals surface area contributed by atoms with E-state index in [1.807, 2.05) is 0 Å². The first-order valence-corrected chi connectivity index (χ1v) is 5.81. The molecule has 0 bridgehead atoms. The summed E-state index contributed by atoms with van der Waals surface area (Å²) >= 11 is 0. The molecule has 1 rings (SSSR count). The number of carbonyl (C=O) groups excluding carboxylic acids is 2. The van der Waals surface area contributed by atoms with Crippen LogP contribution < -0.4 is 10.1 Å². The van der Waals surface area contributed by atoms with E-state index in [-0.39, 0.29) is 23.0 Å². The number of ether oxygens (including phenoxy) is 1. The molecule has 1 amide bonds. The van der Waals surface area contributed by atoms with Crippen LogP contribution in [0.25, 0.3) is 0 Å². The second kappa shape index (κ2) is 6.68. The molecular formula is C14H16FNO3. The Hall–Kier alpha value is -2.17. The maximum atomic E-state index is 13.7. The largest absolute Gasteiger partial charge is 0.478 e. The molecule has 0 fully saturated rings. The van der Waals surface area contributed by atoms with E-state index in [4.69, 9.17) is 4.74 Å². The Kier molecular flexibility index (Phi) is 5.23. The third-order valence-corrected chi connectivity index (χ3v) is 2.43. The fraction of sp³-hybridized carbons (Fsp3) is 0.286. The SMILES string of the molecule is C=CCNC(=O)C(C)Oc1ccc(C(C)=O)cc1F. The van der Waals surface area contributed by atoms with Crippen molar-refractivity contribution in [2.75, 3.05) is 6.54 Å². The van der Waals surface area contributed by atoms with Crippen LogP contribution in [0, 0.1) is 5.82 Å². The van der Waals surface area contributed by atoms with Crippen LogP contribution in [0.3, 0.4) is 0 Å². The number of Topliss-reactive ketones (excluding diaryl/α,β-unsaturated/α-hetero) is 1. The van der Waals surface area contributed by atoms with Gasteiger partial charge < -0.3 is 10.1 Å². The fourth-order valence-corrected chi connectivity index (χ4v) is 1.38. The van der Waals surface area contributed by atoms with Crippen molar-refractivity contribution in [3.8, 4) is 5.75 Å². The van der Waals surface area contributed by atoms with E-state index >= 15 is 0 Å². The van der Waals surface area contributed by atoms with E-state index < -0.39 is 11.9 Å². The van der Waals surface area contributed by atoms with Crippen LogP contribution in [0.15, 0.2) is 30.9 Å². The van der Waals surface area contributed by atoms with Crippen LogP contribution in [0.2, 0.25) is 0 Å². The number of rotatable bonds is 6. The molecule has 0 saturated heterocycles. The summed E-state index contributed by atoms with van der Waals surface area (Å²) in [4.78, 5) is 22.6. The van der Waals surface area contributed by atoms with Crippen molar-refractivity contribution in [2.24, 2.45) is 0 Å². The van der Waals surface area contributed by atoms with E-state index in [0.29, 0.717) is 6.54 Å². The van der Waals surface area contributed by atoms with Crippen LogP contribution in [0.4, 0.5) is 4.39 Å². The molecule has 0 saturated carbocycles. The molecule has 0 aromatic heterocycles. The molecule has 0 aliphatic rings. The summed E-state index contributed by atoms with van der Waals surface area (Å²) in [6.45, 7) is 6.65. The molecule has 5 heteroatoms. The summed E-state index contributed by atoms with van der Waals surface area (Å²) in [7, 11) is 0.